The molecule has 6 rings (SSSR count). The van der Waals surface area contributed by atoms with Gasteiger partial charge in [0.1, 0.15) is 10.9 Å². The Bertz CT molecular complexity index is 1650. The minimum atomic E-state index is -1.00. The lowest BCUT2D eigenvalue weighted by molar-refractivity contribution is -0.135. The van der Waals surface area contributed by atoms with E-state index in [1.165, 1.54) is 11.3 Å². The lowest BCUT2D eigenvalue weighted by Gasteiger charge is -2.39. The van der Waals surface area contributed by atoms with E-state index >= 15 is 0 Å². The van der Waals surface area contributed by atoms with Gasteiger partial charge < -0.3 is 15.5 Å². The van der Waals surface area contributed by atoms with Crippen molar-refractivity contribution < 1.29 is 14.4 Å². The molecule has 3 amide bonds. The van der Waals surface area contributed by atoms with Crippen LogP contribution < -0.4 is 32.1 Å². The fraction of sp³-hybridized carbons (Fsp3) is 0.519. The van der Waals surface area contributed by atoms with E-state index in [1.54, 1.807) is 12.1 Å². The molecule has 3 aromatic heterocycles. The van der Waals surface area contributed by atoms with Gasteiger partial charge in [0.25, 0.3) is 11.5 Å². The van der Waals surface area contributed by atoms with Gasteiger partial charge in [-0.25, -0.2) is 9.36 Å². The van der Waals surface area contributed by atoms with Crippen LogP contribution in [0.25, 0.3) is 10.2 Å². The van der Waals surface area contributed by atoms with Crippen LogP contribution in [-0.4, -0.2) is 88.2 Å². The molecule has 3 aliphatic heterocycles. The first-order chi connectivity index (χ1) is 20.2. The average molecular weight is 596 g/mol. The third kappa shape index (κ3) is 5.29. The summed E-state index contributed by atoms with van der Waals surface area (Å²) in [5, 5.41) is 11.7. The number of anilines is 2. The molecule has 1 atom stereocenters. The quantitative estimate of drug-likeness (QED) is 0.328. The molecular weight excluding hydrogens is 562 g/mol. The number of H-pyrrole nitrogens is 1. The smallest absolute Gasteiger partial charge is 0.330 e. The molecule has 3 aromatic rings. The Morgan fingerprint density at radius 3 is 2.38 bits per heavy atom. The van der Waals surface area contributed by atoms with Gasteiger partial charge in [0, 0.05) is 52.2 Å². The normalized spacial score (nSPS) is 20.7. The van der Waals surface area contributed by atoms with Gasteiger partial charge in [-0.2, -0.15) is 0 Å². The minimum Gasteiger partial charge on any atom is -0.364 e. The molecule has 15 heteroatoms. The van der Waals surface area contributed by atoms with E-state index in [-0.39, 0.29) is 18.5 Å². The van der Waals surface area contributed by atoms with Gasteiger partial charge in [-0.1, -0.05) is 11.3 Å². The molecular formula is C27H33N9O5S. The standard InChI is InChI=1S/C27H33N9O5S/c1-15-21-24(30-27(41)36(25(21)40)18-3-5-20(37)29-23(18)39)42-26(15)35-12-10-33(11-13-35)14-16-6-8-34(9-7-16)19-4-2-17(22(28)38)31-32-19/h2,4,16,18H,3,5-14H2,1H3,(H2,28,38)(H,30,41)(H,29,37,39). The van der Waals surface area contributed by atoms with E-state index in [0.717, 1.165) is 79.6 Å². The molecule has 0 bridgehead atoms. The predicted octanol–water partition coefficient (Wildman–Crippen LogP) is -0.0351. The van der Waals surface area contributed by atoms with Crippen LogP contribution in [0.4, 0.5) is 10.8 Å². The first-order valence-corrected chi connectivity index (χ1v) is 15.0. The van der Waals surface area contributed by atoms with Crippen LogP contribution in [0.2, 0.25) is 0 Å². The number of hydrogen-bond acceptors (Lipinski definition) is 11. The molecule has 0 aromatic carbocycles. The lowest BCUT2D eigenvalue weighted by atomic mass is 9.96. The first-order valence-electron chi connectivity index (χ1n) is 14.2. The van der Waals surface area contributed by atoms with Crippen LogP contribution in [-0.2, 0) is 9.59 Å². The molecule has 3 aliphatic rings. The summed E-state index contributed by atoms with van der Waals surface area (Å²) in [4.78, 5) is 71.7. The third-order valence-electron chi connectivity index (χ3n) is 8.53. The Hall–Kier alpha value is -4.11. The number of primary amides is 1. The number of nitrogens with zero attached hydrogens (tertiary/aromatic N) is 6. The monoisotopic (exact) mass is 595 g/mol. The lowest BCUT2D eigenvalue weighted by Crippen LogP contribution is -2.49. The molecule has 0 spiro atoms. The summed E-state index contributed by atoms with van der Waals surface area (Å²) >= 11 is 1.39. The number of fused-ring (bicyclic) bond motifs is 1. The summed E-state index contributed by atoms with van der Waals surface area (Å²) < 4.78 is 0.958. The van der Waals surface area contributed by atoms with Gasteiger partial charge in [-0.3, -0.25) is 34.4 Å². The second-order valence-corrected chi connectivity index (χ2v) is 12.2. The SMILES string of the molecule is Cc1c(N2CCN(CC3CCN(c4ccc(C(N)=O)nn4)CC3)CC2)sc2[nH]c(=O)n(C3CCC(=O)NC3=O)c(=O)c12. The number of carbonyl (C=O) groups is 3. The van der Waals surface area contributed by atoms with E-state index in [2.05, 4.69) is 35.2 Å². The molecule has 6 heterocycles. The van der Waals surface area contributed by atoms with Crippen molar-refractivity contribution in [1.82, 2.24) is 30.0 Å². The van der Waals surface area contributed by atoms with Gasteiger partial charge in [0.2, 0.25) is 11.8 Å². The Morgan fingerprint density at radius 2 is 1.74 bits per heavy atom. The zero-order valence-corrected chi connectivity index (χ0v) is 24.1. The predicted molar refractivity (Wildman–Crippen MR) is 157 cm³/mol. The van der Waals surface area contributed by atoms with Crippen molar-refractivity contribution in [3.63, 3.8) is 0 Å². The zero-order chi connectivity index (χ0) is 29.5. The van der Waals surface area contributed by atoms with Gasteiger partial charge in [-0.15, -0.1) is 10.2 Å². The second-order valence-electron chi connectivity index (χ2n) is 11.2. The molecule has 1 unspecified atom stereocenters. The summed E-state index contributed by atoms with van der Waals surface area (Å²) in [5.41, 5.74) is 5.08. The van der Waals surface area contributed by atoms with Crippen LogP contribution in [0.1, 0.15) is 47.8 Å². The maximum atomic E-state index is 13.5. The Morgan fingerprint density at radius 1 is 1.00 bits per heavy atom. The Labute approximate surface area is 244 Å². The fourth-order valence-electron chi connectivity index (χ4n) is 6.20. The van der Waals surface area contributed by atoms with Crippen LogP contribution in [0.5, 0.6) is 0 Å². The largest absolute Gasteiger partial charge is 0.364 e. The summed E-state index contributed by atoms with van der Waals surface area (Å²) in [6.07, 6.45) is 2.29. The highest BCUT2D eigenvalue weighted by Gasteiger charge is 2.32. The highest BCUT2D eigenvalue weighted by molar-refractivity contribution is 7.22. The van der Waals surface area contributed by atoms with Gasteiger partial charge >= 0.3 is 5.69 Å². The summed E-state index contributed by atoms with van der Waals surface area (Å²) in [6.45, 7) is 8.06. The summed E-state index contributed by atoms with van der Waals surface area (Å²) in [6, 6.07) is 2.40. The first kappa shape index (κ1) is 28.0. The number of carbonyl (C=O) groups excluding carboxylic acids is 3. The highest BCUT2D eigenvalue weighted by atomic mass is 32.1. The van der Waals surface area contributed by atoms with Gasteiger partial charge in [0.05, 0.1) is 10.4 Å². The number of hydrogen-bond donors (Lipinski definition) is 3. The van der Waals surface area contributed by atoms with Crippen LogP contribution in [0.3, 0.4) is 0 Å². The van der Waals surface area contributed by atoms with E-state index in [9.17, 15) is 24.0 Å². The molecule has 222 valence electrons. The van der Waals surface area contributed by atoms with E-state index in [1.807, 2.05) is 6.92 Å². The summed E-state index contributed by atoms with van der Waals surface area (Å²) in [5.74, 6) is -0.272. The Balaban J connectivity index is 1.07. The molecule has 0 saturated carbocycles. The van der Waals surface area contributed by atoms with Crippen LogP contribution in [0, 0.1) is 12.8 Å². The minimum absolute atomic E-state index is 0.0818. The maximum Gasteiger partial charge on any atom is 0.330 e. The number of piperazine rings is 1. The molecule has 3 saturated heterocycles. The van der Waals surface area contributed by atoms with Crippen LogP contribution >= 0.6 is 11.3 Å². The molecule has 0 radical (unpaired) electrons. The van der Waals surface area contributed by atoms with Crippen molar-refractivity contribution in [1.29, 1.82) is 0 Å². The van der Waals surface area contributed by atoms with E-state index in [0.29, 0.717) is 16.1 Å². The summed E-state index contributed by atoms with van der Waals surface area (Å²) in [7, 11) is 0. The zero-order valence-electron chi connectivity index (χ0n) is 23.3. The molecule has 42 heavy (non-hydrogen) atoms. The number of rotatable bonds is 6. The number of thiophene rings is 1. The Kier molecular flexibility index (Phi) is 7.53. The molecule has 0 aliphatic carbocycles. The van der Waals surface area contributed by atoms with Crippen LogP contribution in [0.15, 0.2) is 21.7 Å². The van der Waals surface area contributed by atoms with Crippen molar-refractivity contribution in [3.05, 3.63) is 44.2 Å². The molecule has 3 fully saturated rings. The second kappa shape index (κ2) is 11.3. The number of piperidine rings is 2. The van der Waals surface area contributed by atoms with Crippen molar-refractivity contribution in [2.45, 2.75) is 38.6 Å². The third-order valence-corrected chi connectivity index (χ3v) is 9.80. The number of amides is 3. The highest BCUT2D eigenvalue weighted by Crippen LogP contribution is 2.35. The number of nitrogens with one attached hydrogen (secondary N) is 2. The maximum absolute atomic E-state index is 13.5. The topological polar surface area (TPSA) is 180 Å². The number of imide groups is 1. The molecule has 14 nitrogen and oxygen atoms in total. The molecule has 4 N–H and O–H groups in total. The van der Waals surface area contributed by atoms with Gasteiger partial charge in [-0.05, 0) is 49.8 Å². The van der Waals surface area contributed by atoms with Gasteiger partial charge in [0.15, 0.2) is 11.5 Å². The average Bonchev–Trinajstić information content (AvgIpc) is 3.30. The van der Waals surface area contributed by atoms with E-state index < -0.39 is 35.0 Å². The van der Waals surface area contributed by atoms with E-state index in [4.69, 9.17) is 5.73 Å². The van der Waals surface area contributed by atoms with Crippen molar-refractivity contribution in [3.8, 4) is 0 Å². The number of aromatic amines is 1. The van der Waals surface area contributed by atoms with Crippen molar-refractivity contribution in [2.24, 2.45) is 11.7 Å². The number of aryl methyl sites for hydroxylation is 1. The van der Waals surface area contributed by atoms with Crippen molar-refractivity contribution in [2.75, 3.05) is 55.6 Å². The number of aromatic nitrogens is 4. The number of nitrogens with two attached hydrogens (primary N) is 1. The van der Waals surface area contributed by atoms with Crippen molar-refractivity contribution >= 4 is 50.1 Å². The fourth-order valence-corrected chi connectivity index (χ4v) is 7.44.